The van der Waals surface area contributed by atoms with Crippen molar-refractivity contribution < 1.29 is 0 Å². The lowest BCUT2D eigenvalue weighted by Crippen LogP contribution is -2.34. The van der Waals surface area contributed by atoms with Crippen LogP contribution >= 0.6 is 11.8 Å². The molecule has 2 unspecified atom stereocenters. The molecule has 0 aromatic carbocycles. The van der Waals surface area contributed by atoms with Crippen LogP contribution in [-0.2, 0) is 13.6 Å². The minimum absolute atomic E-state index is 0.719. The first-order valence-corrected chi connectivity index (χ1v) is 8.28. The van der Waals surface area contributed by atoms with Gasteiger partial charge >= 0.3 is 0 Å². The van der Waals surface area contributed by atoms with Gasteiger partial charge in [-0.25, -0.2) is 0 Å². The molecule has 1 aliphatic rings. The number of rotatable bonds is 4. The molecule has 1 N–H and O–H groups in total. The second kappa shape index (κ2) is 6.16. The Morgan fingerprint density at radius 2 is 2.17 bits per heavy atom. The summed E-state index contributed by atoms with van der Waals surface area (Å²) in [5.74, 6) is 0. The SMILES string of the molecule is CSC1CCCC(NCc2cc(C)n(C)c2C)C1. The summed E-state index contributed by atoms with van der Waals surface area (Å²) in [6.45, 7) is 5.43. The first-order valence-electron chi connectivity index (χ1n) is 6.99. The molecule has 0 amide bonds. The van der Waals surface area contributed by atoms with Gasteiger partial charge in [-0.05, 0) is 51.0 Å². The first kappa shape index (κ1) is 14.0. The van der Waals surface area contributed by atoms with E-state index in [0.717, 1.165) is 17.8 Å². The van der Waals surface area contributed by atoms with Crippen molar-refractivity contribution in [1.82, 2.24) is 9.88 Å². The number of aryl methyl sites for hydroxylation is 1. The monoisotopic (exact) mass is 266 g/mol. The fourth-order valence-electron chi connectivity index (χ4n) is 2.91. The molecular weight excluding hydrogens is 240 g/mol. The van der Waals surface area contributed by atoms with Crippen LogP contribution in [0.1, 0.15) is 42.6 Å². The van der Waals surface area contributed by atoms with Crippen molar-refractivity contribution in [2.75, 3.05) is 6.26 Å². The summed E-state index contributed by atoms with van der Waals surface area (Å²) in [4.78, 5) is 0. The van der Waals surface area contributed by atoms with Crippen molar-refractivity contribution in [3.63, 3.8) is 0 Å². The summed E-state index contributed by atoms with van der Waals surface area (Å²) in [6.07, 6.45) is 7.73. The highest BCUT2D eigenvalue weighted by molar-refractivity contribution is 7.99. The topological polar surface area (TPSA) is 17.0 Å². The minimum atomic E-state index is 0.719. The molecule has 1 aromatic rings. The van der Waals surface area contributed by atoms with Gasteiger partial charge in [-0.1, -0.05) is 6.42 Å². The number of nitrogens with one attached hydrogen (secondary N) is 1. The van der Waals surface area contributed by atoms with Crippen molar-refractivity contribution in [2.24, 2.45) is 7.05 Å². The summed E-state index contributed by atoms with van der Waals surface area (Å²) in [6, 6.07) is 3.04. The summed E-state index contributed by atoms with van der Waals surface area (Å²) in [5, 5.41) is 4.63. The second-order valence-corrected chi connectivity index (χ2v) is 6.70. The lowest BCUT2D eigenvalue weighted by molar-refractivity contribution is 0.379. The summed E-state index contributed by atoms with van der Waals surface area (Å²) in [5.41, 5.74) is 4.22. The van der Waals surface area contributed by atoms with Gasteiger partial charge in [0.05, 0.1) is 0 Å². The van der Waals surface area contributed by atoms with Gasteiger partial charge < -0.3 is 9.88 Å². The molecule has 2 atom stereocenters. The molecule has 2 rings (SSSR count). The van der Waals surface area contributed by atoms with Gasteiger partial charge in [0.25, 0.3) is 0 Å². The normalized spacial score (nSPS) is 24.4. The number of thioether (sulfide) groups is 1. The van der Waals surface area contributed by atoms with Crippen LogP contribution < -0.4 is 5.32 Å². The molecular formula is C15H26N2S. The highest BCUT2D eigenvalue weighted by Gasteiger charge is 2.21. The van der Waals surface area contributed by atoms with E-state index in [9.17, 15) is 0 Å². The van der Waals surface area contributed by atoms with Crippen LogP contribution in [0.2, 0.25) is 0 Å². The third-order valence-corrected chi connectivity index (χ3v) is 5.52. The molecule has 18 heavy (non-hydrogen) atoms. The van der Waals surface area contributed by atoms with Crippen LogP contribution in [0.4, 0.5) is 0 Å². The van der Waals surface area contributed by atoms with E-state index in [2.05, 4.69) is 43.1 Å². The Balaban J connectivity index is 1.89. The van der Waals surface area contributed by atoms with E-state index in [-0.39, 0.29) is 0 Å². The van der Waals surface area contributed by atoms with Crippen molar-refractivity contribution >= 4 is 11.8 Å². The zero-order chi connectivity index (χ0) is 13.1. The van der Waals surface area contributed by atoms with Crippen LogP contribution in [0.25, 0.3) is 0 Å². The molecule has 2 nitrogen and oxygen atoms in total. The Kier molecular flexibility index (Phi) is 4.79. The average molecular weight is 266 g/mol. The van der Waals surface area contributed by atoms with Crippen LogP contribution in [0, 0.1) is 13.8 Å². The molecule has 0 aliphatic heterocycles. The van der Waals surface area contributed by atoms with Crippen molar-refractivity contribution in [3.8, 4) is 0 Å². The van der Waals surface area contributed by atoms with Gasteiger partial charge in [-0.15, -0.1) is 0 Å². The van der Waals surface area contributed by atoms with Crippen LogP contribution in [0.5, 0.6) is 0 Å². The molecule has 1 heterocycles. The standard InChI is InChI=1S/C15H26N2S/c1-11-8-13(12(2)17(11)3)10-16-14-6-5-7-15(9-14)18-4/h8,14-16H,5-7,9-10H2,1-4H3. The molecule has 3 heteroatoms. The number of nitrogens with zero attached hydrogens (tertiary/aromatic N) is 1. The molecule has 0 spiro atoms. The molecule has 1 saturated carbocycles. The highest BCUT2D eigenvalue weighted by atomic mass is 32.2. The maximum atomic E-state index is 3.76. The molecule has 1 aromatic heterocycles. The lowest BCUT2D eigenvalue weighted by Gasteiger charge is -2.28. The third kappa shape index (κ3) is 3.12. The quantitative estimate of drug-likeness (QED) is 0.899. The molecule has 102 valence electrons. The zero-order valence-corrected chi connectivity index (χ0v) is 12.9. The Morgan fingerprint density at radius 3 is 2.78 bits per heavy atom. The van der Waals surface area contributed by atoms with Crippen LogP contribution in [-0.4, -0.2) is 22.1 Å². The van der Waals surface area contributed by atoms with Crippen molar-refractivity contribution in [1.29, 1.82) is 0 Å². The van der Waals surface area contributed by atoms with Gasteiger partial charge in [0.15, 0.2) is 0 Å². The summed E-state index contributed by atoms with van der Waals surface area (Å²) >= 11 is 2.04. The van der Waals surface area contributed by atoms with E-state index in [0.29, 0.717) is 0 Å². The van der Waals surface area contributed by atoms with E-state index in [1.54, 1.807) is 0 Å². The van der Waals surface area contributed by atoms with E-state index >= 15 is 0 Å². The van der Waals surface area contributed by atoms with Gasteiger partial charge in [0, 0.05) is 36.3 Å². The number of hydrogen-bond acceptors (Lipinski definition) is 2. The predicted molar refractivity (Wildman–Crippen MR) is 81.3 cm³/mol. The maximum absolute atomic E-state index is 3.76. The highest BCUT2D eigenvalue weighted by Crippen LogP contribution is 2.27. The van der Waals surface area contributed by atoms with E-state index in [1.807, 2.05) is 11.8 Å². The second-order valence-electron chi connectivity index (χ2n) is 5.56. The predicted octanol–water partition coefficient (Wildman–Crippen LogP) is 3.41. The van der Waals surface area contributed by atoms with E-state index in [1.165, 1.54) is 42.6 Å². The van der Waals surface area contributed by atoms with Gasteiger partial charge in [-0.2, -0.15) is 11.8 Å². The lowest BCUT2D eigenvalue weighted by atomic mass is 9.95. The molecule has 0 bridgehead atoms. The Hall–Kier alpha value is -0.410. The fourth-order valence-corrected chi connectivity index (χ4v) is 3.74. The smallest absolute Gasteiger partial charge is 0.0225 e. The van der Waals surface area contributed by atoms with Crippen molar-refractivity contribution in [2.45, 2.75) is 57.4 Å². The maximum Gasteiger partial charge on any atom is 0.0225 e. The van der Waals surface area contributed by atoms with E-state index in [4.69, 9.17) is 0 Å². The summed E-state index contributed by atoms with van der Waals surface area (Å²) < 4.78 is 2.28. The molecule has 0 saturated heterocycles. The van der Waals surface area contributed by atoms with Gasteiger partial charge in [0.1, 0.15) is 0 Å². The molecule has 1 fully saturated rings. The van der Waals surface area contributed by atoms with Crippen LogP contribution in [0.15, 0.2) is 6.07 Å². The van der Waals surface area contributed by atoms with Crippen LogP contribution in [0.3, 0.4) is 0 Å². The first-order chi connectivity index (χ1) is 8.61. The van der Waals surface area contributed by atoms with Crippen molar-refractivity contribution in [3.05, 3.63) is 23.0 Å². The van der Waals surface area contributed by atoms with E-state index < -0.39 is 0 Å². The fraction of sp³-hybridized carbons (Fsp3) is 0.733. The average Bonchev–Trinajstić information content (AvgIpc) is 2.64. The Bertz CT molecular complexity index is 397. The minimum Gasteiger partial charge on any atom is -0.352 e. The number of hydrogen-bond donors (Lipinski definition) is 1. The Labute approximate surface area is 116 Å². The third-order valence-electron chi connectivity index (χ3n) is 4.42. The largest absolute Gasteiger partial charge is 0.352 e. The summed E-state index contributed by atoms with van der Waals surface area (Å²) in [7, 11) is 2.15. The zero-order valence-electron chi connectivity index (χ0n) is 12.1. The number of aromatic nitrogens is 1. The molecule has 1 aliphatic carbocycles. The Morgan fingerprint density at radius 1 is 1.39 bits per heavy atom. The van der Waals surface area contributed by atoms with Gasteiger partial charge in [-0.3, -0.25) is 0 Å². The van der Waals surface area contributed by atoms with Gasteiger partial charge in [0.2, 0.25) is 0 Å². The molecule has 0 radical (unpaired) electrons.